The van der Waals surface area contributed by atoms with Gasteiger partial charge in [0.25, 0.3) is 11.8 Å². The summed E-state index contributed by atoms with van der Waals surface area (Å²) in [7, 11) is 0. The van der Waals surface area contributed by atoms with E-state index in [1.165, 1.54) is 23.9 Å². The fourth-order valence-corrected chi connectivity index (χ4v) is 5.37. The topological polar surface area (TPSA) is 61.8 Å². The van der Waals surface area contributed by atoms with Crippen molar-refractivity contribution in [2.24, 2.45) is 4.99 Å². The van der Waals surface area contributed by atoms with Gasteiger partial charge in [0, 0.05) is 11.1 Å². The van der Waals surface area contributed by atoms with Crippen molar-refractivity contribution in [1.29, 1.82) is 0 Å². The van der Waals surface area contributed by atoms with Gasteiger partial charge in [-0.25, -0.2) is 4.39 Å². The Hall–Kier alpha value is -2.93. The molecule has 1 N–H and O–H groups in total. The first-order valence-corrected chi connectivity index (χ1v) is 10.4. The molecule has 1 saturated carbocycles. The number of carbonyl (C=O) groups is 2. The number of fused-ring (bicyclic) bond motifs is 2. The number of rotatable bonds is 3. The van der Waals surface area contributed by atoms with Crippen molar-refractivity contribution < 1.29 is 14.0 Å². The van der Waals surface area contributed by atoms with E-state index >= 15 is 0 Å². The Morgan fingerprint density at radius 3 is 2.45 bits per heavy atom. The van der Waals surface area contributed by atoms with Crippen molar-refractivity contribution in [2.45, 2.75) is 31.2 Å². The smallest absolute Gasteiger partial charge is 0.274 e. The minimum atomic E-state index is -0.689. The molecular weight excluding hydrogens is 389 g/mol. The maximum absolute atomic E-state index is 13.5. The molecule has 7 heteroatoms. The summed E-state index contributed by atoms with van der Waals surface area (Å²) in [6, 6.07) is 15.1. The van der Waals surface area contributed by atoms with Gasteiger partial charge in [-0.15, -0.1) is 0 Å². The van der Waals surface area contributed by atoms with Gasteiger partial charge in [0.15, 0.2) is 5.17 Å². The summed E-state index contributed by atoms with van der Waals surface area (Å²) < 4.78 is 13.5. The van der Waals surface area contributed by atoms with Gasteiger partial charge in [0.2, 0.25) is 0 Å². The predicted octanol–water partition coefficient (Wildman–Crippen LogP) is 4.14. The fourth-order valence-electron chi connectivity index (χ4n) is 4.25. The number of hydrogen-bond donors (Lipinski definition) is 1. The van der Waals surface area contributed by atoms with Crippen LogP contribution in [0.2, 0.25) is 0 Å². The van der Waals surface area contributed by atoms with E-state index in [1.54, 1.807) is 36.4 Å². The molecule has 0 radical (unpaired) electrons. The van der Waals surface area contributed by atoms with Crippen LogP contribution >= 0.6 is 11.8 Å². The van der Waals surface area contributed by atoms with Gasteiger partial charge in [0.1, 0.15) is 16.4 Å². The van der Waals surface area contributed by atoms with Crippen molar-refractivity contribution in [3.63, 3.8) is 0 Å². The monoisotopic (exact) mass is 407 g/mol. The van der Waals surface area contributed by atoms with Crippen LogP contribution in [-0.4, -0.2) is 27.4 Å². The number of nitrogens with zero attached hydrogens (tertiary/aromatic N) is 2. The van der Waals surface area contributed by atoms with Gasteiger partial charge in [-0.05, 0) is 61.0 Å². The summed E-state index contributed by atoms with van der Waals surface area (Å²) in [6.07, 6.45) is 3.37. The van der Waals surface area contributed by atoms with Gasteiger partial charge in [-0.2, -0.15) is 4.99 Å². The molecule has 5 rings (SSSR count). The summed E-state index contributed by atoms with van der Waals surface area (Å²) >= 11 is 1.28. The average molecular weight is 407 g/mol. The molecule has 2 heterocycles. The van der Waals surface area contributed by atoms with Crippen LogP contribution < -0.4 is 5.32 Å². The number of thioether (sulfide) groups is 1. The molecule has 0 unspecified atom stereocenters. The molecule has 1 spiro atoms. The second-order valence-corrected chi connectivity index (χ2v) is 8.36. The average Bonchev–Trinajstić information content (AvgIpc) is 3.41. The number of nitrogens with one attached hydrogen (secondary N) is 1. The zero-order valence-electron chi connectivity index (χ0n) is 15.5. The number of carbonyl (C=O) groups excluding carboxylic acids is 2. The number of halogens is 1. The number of hydrogen-bond acceptors (Lipinski definition) is 4. The lowest BCUT2D eigenvalue weighted by Gasteiger charge is -2.33. The van der Waals surface area contributed by atoms with Crippen LogP contribution in [0.15, 0.2) is 64.6 Å². The minimum absolute atomic E-state index is 0.120. The van der Waals surface area contributed by atoms with Gasteiger partial charge in [-0.3, -0.25) is 9.59 Å². The molecular formula is C22H18FN3O2S. The van der Waals surface area contributed by atoms with Crippen LogP contribution in [0.1, 0.15) is 41.6 Å². The molecule has 29 heavy (non-hydrogen) atoms. The molecule has 3 aliphatic rings. The molecule has 1 fully saturated rings. The summed E-state index contributed by atoms with van der Waals surface area (Å²) in [5, 5.41) is 4.18. The zero-order chi connectivity index (χ0) is 20.0. The van der Waals surface area contributed by atoms with Crippen LogP contribution in [0.4, 0.5) is 4.39 Å². The number of aliphatic imine (C=N–C) groups is 1. The Labute approximate surface area is 171 Å². The molecule has 2 aromatic carbocycles. The largest absolute Gasteiger partial charge is 0.314 e. The van der Waals surface area contributed by atoms with Crippen molar-refractivity contribution in [3.8, 4) is 0 Å². The molecule has 2 aliphatic heterocycles. The predicted molar refractivity (Wildman–Crippen MR) is 110 cm³/mol. The lowest BCUT2D eigenvalue weighted by molar-refractivity contribution is -0.124. The molecule has 5 nitrogen and oxygen atoms in total. The van der Waals surface area contributed by atoms with E-state index in [0.29, 0.717) is 21.5 Å². The second kappa shape index (κ2) is 6.84. The first-order chi connectivity index (χ1) is 14.1. The lowest BCUT2D eigenvalue weighted by atomic mass is 9.94. The number of benzene rings is 2. The Morgan fingerprint density at radius 2 is 1.76 bits per heavy atom. The minimum Gasteiger partial charge on any atom is -0.314 e. The highest BCUT2D eigenvalue weighted by Crippen LogP contribution is 2.51. The fraction of sp³-hybridized carbons (Fsp3) is 0.227. The van der Waals surface area contributed by atoms with E-state index < -0.39 is 5.54 Å². The molecule has 0 atom stereocenters. The summed E-state index contributed by atoms with van der Waals surface area (Å²) in [5.41, 5.74) is 1.31. The third-order valence-corrected chi connectivity index (χ3v) is 6.61. The third kappa shape index (κ3) is 2.88. The molecule has 2 aromatic rings. The van der Waals surface area contributed by atoms with E-state index in [-0.39, 0.29) is 17.6 Å². The second-order valence-electron chi connectivity index (χ2n) is 7.38. The van der Waals surface area contributed by atoms with Gasteiger partial charge < -0.3 is 10.2 Å². The molecule has 1 aliphatic carbocycles. The molecule has 146 valence electrons. The maximum Gasteiger partial charge on any atom is 0.274 e. The molecule has 0 aromatic heterocycles. The SMILES string of the molecule is O=C(NC1=C(c2ccc(F)cc2)N2C(=NC(=O)C23CCCC3)S1)c1ccccc1. The van der Waals surface area contributed by atoms with Crippen molar-refractivity contribution in [2.75, 3.05) is 0 Å². The molecule has 0 saturated heterocycles. The third-order valence-electron chi connectivity index (χ3n) is 5.66. The Balaban J connectivity index is 1.59. The van der Waals surface area contributed by atoms with Crippen LogP contribution in [-0.2, 0) is 4.79 Å². The van der Waals surface area contributed by atoms with E-state index in [9.17, 15) is 14.0 Å². The van der Waals surface area contributed by atoms with Crippen LogP contribution in [0.5, 0.6) is 0 Å². The van der Waals surface area contributed by atoms with Crippen molar-refractivity contribution in [1.82, 2.24) is 10.2 Å². The highest BCUT2D eigenvalue weighted by Gasteiger charge is 2.56. The first kappa shape index (κ1) is 18.1. The molecule has 0 bridgehead atoms. The van der Waals surface area contributed by atoms with E-state index in [0.717, 1.165) is 31.2 Å². The summed E-state index contributed by atoms with van der Waals surface area (Å²) in [6.45, 7) is 0. The van der Waals surface area contributed by atoms with E-state index in [4.69, 9.17) is 0 Å². The van der Waals surface area contributed by atoms with Crippen LogP contribution in [0, 0.1) is 5.82 Å². The highest BCUT2D eigenvalue weighted by molar-refractivity contribution is 8.17. The lowest BCUT2D eigenvalue weighted by Crippen LogP contribution is -2.46. The van der Waals surface area contributed by atoms with Crippen molar-refractivity contribution >= 4 is 34.4 Å². The van der Waals surface area contributed by atoms with Gasteiger partial charge in [-0.1, -0.05) is 31.0 Å². The summed E-state index contributed by atoms with van der Waals surface area (Å²) in [4.78, 5) is 31.8. The zero-order valence-corrected chi connectivity index (χ0v) is 16.3. The van der Waals surface area contributed by atoms with Gasteiger partial charge in [0.05, 0.1) is 5.70 Å². The first-order valence-electron chi connectivity index (χ1n) is 9.56. The standard InChI is InChI=1S/C22H18FN3O2S/c23-16-10-8-14(9-11-16)17-19(24-18(27)15-6-2-1-3-7-15)29-21-25-20(28)22(26(17)21)12-4-5-13-22/h1-3,6-11H,4-5,12-13H2,(H,24,27). The number of amidine groups is 1. The highest BCUT2D eigenvalue weighted by atomic mass is 32.2. The Bertz CT molecular complexity index is 1060. The molecule has 2 amide bonds. The maximum atomic E-state index is 13.5. The Kier molecular flexibility index (Phi) is 4.28. The van der Waals surface area contributed by atoms with Crippen LogP contribution in [0.3, 0.4) is 0 Å². The Morgan fingerprint density at radius 1 is 1.07 bits per heavy atom. The van der Waals surface area contributed by atoms with E-state index in [2.05, 4.69) is 10.3 Å². The van der Waals surface area contributed by atoms with Gasteiger partial charge >= 0.3 is 0 Å². The normalized spacial score (nSPS) is 19.7. The quantitative estimate of drug-likeness (QED) is 0.831. The van der Waals surface area contributed by atoms with Crippen LogP contribution in [0.25, 0.3) is 5.70 Å². The van der Waals surface area contributed by atoms with E-state index in [1.807, 2.05) is 11.0 Å². The summed E-state index contributed by atoms with van der Waals surface area (Å²) in [5.74, 6) is -0.691. The number of amides is 2. The van der Waals surface area contributed by atoms with Crippen molar-refractivity contribution in [3.05, 3.63) is 76.6 Å².